The zero-order valence-corrected chi connectivity index (χ0v) is 14.4. The maximum absolute atomic E-state index is 12.0. The molecule has 2 rings (SSSR count). The fourth-order valence-corrected chi connectivity index (χ4v) is 2.32. The Hall–Kier alpha value is -2.80. The van der Waals surface area contributed by atoms with Gasteiger partial charge in [-0.3, -0.25) is 14.4 Å². The van der Waals surface area contributed by atoms with Crippen LogP contribution in [0.25, 0.3) is 0 Å². The van der Waals surface area contributed by atoms with E-state index in [0.29, 0.717) is 16.0 Å². The largest absolute Gasteiger partial charge is 0.353 e. The summed E-state index contributed by atoms with van der Waals surface area (Å²) in [5.74, 6) is -0.889. The van der Waals surface area contributed by atoms with Crippen molar-refractivity contribution in [2.75, 3.05) is 19.6 Å². The number of hydrogen-bond donors (Lipinski definition) is 4. The standard InChI is InChI=1S/C18H19N3O3S/c22-16(12-21-17(23)13-6-2-1-3-7-13)19-10-11-20-18(24)14-8-4-5-9-15(14)25/h1-9,25H,10-12H2,(H,19,22)(H,20,24)(H,21,23). The third-order valence-corrected chi connectivity index (χ3v) is 3.72. The van der Waals surface area contributed by atoms with Gasteiger partial charge < -0.3 is 16.0 Å². The van der Waals surface area contributed by atoms with Gasteiger partial charge in [-0.1, -0.05) is 30.3 Å². The van der Waals surface area contributed by atoms with Gasteiger partial charge in [0.2, 0.25) is 5.91 Å². The summed E-state index contributed by atoms with van der Waals surface area (Å²) in [4.78, 5) is 36.0. The third-order valence-electron chi connectivity index (χ3n) is 3.33. The zero-order valence-electron chi connectivity index (χ0n) is 13.5. The maximum Gasteiger partial charge on any atom is 0.252 e. The highest BCUT2D eigenvalue weighted by Crippen LogP contribution is 2.12. The monoisotopic (exact) mass is 357 g/mol. The lowest BCUT2D eigenvalue weighted by Crippen LogP contribution is -2.40. The van der Waals surface area contributed by atoms with Crippen molar-refractivity contribution in [1.29, 1.82) is 0 Å². The molecule has 0 aromatic heterocycles. The Bertz CT molecular complexity index is 750. The number of carbonyl (C=O) groups is 3. The Morgan fingerprint density at radius 2 is 1.40 bits per heavy atom. The summed E-state index contributed by atoms with van der Waals surface area (Å²) in [5.41, 5.74) is 0.972. The van der Waals surface area contributed by atoms with E-state index in [4.69, 9.17) is 0 Å². The van der Waals surface area contributed by atoms with Gasteiger partial charge in [-0.05, 0) is 24.3 Å². The van der Waals surface area contributed by atoms with Crippen molar-refractivity contribution in [3.63, 3.8) is 0 Å². The number of hydrogen-bond acceptors (Lipinski definition) is 4. The highest BCUT2D eigenvalue weighted by Gasteiger charge is 2.09. The Kier molecular flexibility index (Phi) is 7.03. The first-order valence-electron chi connectivity index (χ1n) is 7.74. The van der Waals surface area contributed by atoms with E-state index in [2.05, 4.69) is 28.6 Å². The van der Waals surface area contributed by atoms with Crippen LogP contribution in [0.15, 0.2) is 59.5 Å². The molecule has 130 valence electrons. The van der Waals surface area contributed by atoms with Gasteiger partial charge >= 0.3 is 0 Å². The predicted molar refractivity (Wildman–Crippen MR) is 97.8 cm³/mol. The van der Waals surface area contributed by atoms with E-state index in [1.54, 1.807) is 48.5 Å². The molecular formula is C18H19N3O3S. The first kappa shape index (κ1) is 18.5. The fourth-order valence-electron chi connectivity index (χ4n) is 2.05. The van der Waals surface area contributed by atoms with Gasteiger partial charge in [0.25, 0.3) is 11.8 Å². The SMILES string of the molecule is O=C(CNC(=O)c1ccccc1)NCCNC(=O)c1ccccc1S. The van der Waals surface area contributed by atoms with Crippen molar-refractivity contribution in [2.24, 2.45) is 0 Å². The lowest BCUT2D eigenvalue weighted by Gasteiger charge is -2.09. The van der Waals surface area contributed by atoms with Crippen LogP contribution in [0.5, 0.6) is 0 Å². The van der Waals surface area contributed by atoms with E-state index in [1.165, 1.54) is 0 Å². The molecule has 0 spiro atoms. The normalized spacial score (nSPS) is 9.96. The Morgan fingerprint density at radius 1 is 0.760 bits per heavy atom. The van der Waals surface area contributed by atoms with Crippen LogP contribution in [0.4, 0.5) is 0 Å². The van der Waals surface area contributed by atoms with Crippen LogP contribution in [0, 0.1) is 0 Å². The Labute approximate surface area is 151 Å². The molecule has 6 nitrogen and oxygen atoms in total. The van der Waals surface area contributed by atoms with Crippen LogP contribution < -0.4 is 16.0 Å². The van der Waals surface area contributed by atoms with E-state index in [0.717, 1.165) is 0 Å². The van der Waals surface area contributed by atoms with E-state index < -0.39 is 0 Å². The first-order chi connectivity index (χ1) is 12.1. The molecule has 0 fully saturated rings. The summed E-state index contributed by atoms with van der Waals surface area (Å²) in [6.45, 7) is 0.418. The smallest absolute Gasteiger partial charge is 0.252 e. The van der Waals surface area contributed by atoms with Crippen LogP contribution in [0.3, 0.4) is 0 Å². The van der Waals surface area contributed by atoms with E-state index >= 15 is 0 Å². The Balaban J connectivity index is 1.65. The molecule has 0 aliphatic rings. The van der Waals surface area contributed by atoms with Gasteiger partial charge in [0.1, 0.15) is 0 Å². The quantitative estimate of drug-likeness (QED) is 0.444. The Morgan fingerprint density at radius 3 is 2.12 bits per heavy atom. The number of rotatable bonds is 7. The summed E-state index contributed by atoms with van der Waals surface area (Å²) in [7, 11) is 0. The van der Waals surface area contributed by atoms with Crippen molar-refractivity contribution in [2.45, 2.75) is 4.90 Å². The molecule has 25 heavy (non-hydrogen) atoms. The molecule has 0 heterocycles. The third kappa shape index (κ3) is 5.96. The van der Waals surface area contributed by atoms with Gasteiger partial charge in [0.05, 0.1) is 12.1 Å². The summed E-state index contributed by atoms with van der Waals surface area (Å²) in [5, 5.41) is 7.85. The van der Waals surface area contributed by atoms with Crippen LogP contribution in [-0.4, -0.2) is 37.4 Å². The molecule has 2 aromatic carbocycles. The van der Waals surface area contributed by atoms with Crippen LogP contribution in [0.2, 0.25) is 0 Å². The number of carbonyl (C=O) groups excluding carboxylic acids is 3. The minimum Gasteiger partial charge on any atom is -0.353 e. The second-order valence-electron chi connectivity index (χ2n) is 5.17. The molecule has 0 aliphatic carbocycles. The van der Waals surface area contributed by atoms with Gasteiger partial charge in [-0.25, -0.2) is 0 Å². The molecule has 0 saturated carbocycles. The van der Waals surface area contributed by atoms with Crippen molar-refractivity contribution >= 4 is 30.4 Å². The van der Waals surface area contributed by atoms with Gasteiger partial charge in [0, 0.05) is 23.5 Å². The second kappa shape index (κ2) is 9.48. The molecule has 0 bridgehead atoms. The highest BCUT2D eigenvalue weighted by molar-refractivity contribution is 7.80. The number of amides is 3. The van der Waals surface area contributed by atoms with Crippen molar-refractivity contribution in [3.8, 4) is 0 Å². The van der Waals surface area contributed by atoms with Crippen LogP contribution >= 0.6 is 12.6 Å². The van der Waals surface area contributed by atoms with Gasteiger partial charge in [0.15, 0.2) is 0 Å². The van der Waals surface area contributed by atoms with E-state index in [9.17, 15) is 14.4 Å². The summed E-state index contributed by atoms with van der Waals surface area (Å²) in [6, 6.07) is 15.6. The molecule has 3 N–H and O–H groups in total. The zero-order chi connectivity index (χ0) is 18.1. The van der Waals surface area contributed by atoms with Crippen molar-refractivity contribution in [1.82, 2.24) is 16.0 Å². The second-order valence-corrected chi connectivity index (χ2v) is 5.65. The topological polar surface area (TPSA) is 87.3 Å². The van der Waals surface area contributed by atoms with E-state index in [-0.39, 0.29) is 37.4 Å². The average molecular weight is 357 g/mol. The minimum absolute atomic E-state index is 0.124. The summed E-state index contributed by atoms with van der Waals surface area (Å²) in [6.07, 6.45) is 0. The van der Waals surface area contributed by atoms with Crippen molar-refractivity contribution in [3.05, 3.63) is 65.7 Å². The van der Waals surface area contributed by atoms with Crippen molar-refractivity contribution < 1.29 is 14.4 Å². The lowest BCUT2D eigenvalue weighted by atomic mass is 10.2. The number of thiol groups is 1. The van der Waals surface area contributed by atoms with Crippen LogP contribution in [-0.2, 0) is 4.79 Å². The van der Waals surface area contributed by atoms with Crippen LogP contribution in [0.1, 0.15) is 20.7 Å². The lowest BCUT2D eigenvalue weighted by molar-refractivity contribution is -0.120. The fraction of sp³-hybridized carbons (Fsp3) is 0.167. The maximum atomic E-state index is 12.0. The summed E-state index contributed by atoms with van der Waals surface area (Å²) < 4.78 is 0. The molecule has 0 radical (unpaired) electrons. The number of nitrogens with one attached hydrogen (secondary N) is 3. The molecule has 3 amide bonds. The summed E-state index contributed by atoms with van der Waals surface area (Å²) >= 11 is 4.22. The molecule has 0 aliphatic heterocycles. The highest BCUT2D eigenvalue weighted by atomic mass is 32.1. The molecule has 0 atom stereocenters. The number of benzene rings is 2. The van der Waals surface area contributed by atoms with Gasteiger partial charge in [-0.2, -0.15) is 0 Å². The molecule has 0 unspecified atom stereocenters. The molecule has 0 saturated heterocycles. The molecule has 2 aromatic rings. The van der Waals surface area contributed by atoms with E-state index in [1.807, 2.05) is 6.07 Å². The molecule has 7 heteroatoms. The minimum atomic E-state index is -0.326. The van der Waals surface area contributed by atoms with Gasteiger partial charge in [-0.15, -0.1) is 12.6 Å². The first-order valence-corrected chi connectivity index (χ1v) is 8.19. The molecular weight excluding hydrogens is 338 g/mol. The average Bonchev–Trinajstić information content (AvgIpc) is 2.64. The predicted octanol–water partition coefficient (Wildman–Crippen LogP) is 1.25.